The van der Waals surface area contributed by atoms with Gasteiger partial charge >= 0.3 is 5.97 Å². The van der Waals surface area contributed by atoms with Gasteiger partial charge in [-0.05, 0) is 25.0 Å². The van der Waals surface area contributed by atoms with Crippen molar-refractivity contribution in [2.45, 2.75) is 18.4 Å². The zero-order chi connectivity index (χ0) is 16.6. The number of piperidine rings is 1. The summed E-state index contributed by atoms with van der Waals surface area (Å²) in [5, 5.41) is 9.76. The van der Waals surface area contributed by atoms with E-state index in [4.69, 9.17) is 0 Å². The molecule has 24 heavy (non-hydrogen) atoms. The number of fused-ring (bicyclic) bond motifs is 1. The lowest BCUT2D eigenvalue weighted by Crippen LogP contribution is -2.51. The second-order valence-corrected chi connectivity index (χ2v) is 6.01. The van der Waals surface area contributed by atoms with Crippen LogP contribution in [0.25, 0.3) is 11.0 Å². The number of rotatable bonds is 3. The minimum atomic E-state index is -0.933. The van der Waals surface area contributed by atoms with Gasteiger partial charge < -0.3 is 14.6 Å². The van der Waals surface area contributed by atoms with Crippen LogP contribution < -0.4 is 4.90 Å². The Morgan fingerprint density at radius 2 is 1.92 bits per heavy atom. The van der Waals surface area contributed by atoms with Crippen molar-refractivity contribution in [2.24, 2.45) is 0 Å². The van der Waals surface area contributed by atoms with E-state index in [1.165, 1.54) is 0 Å². The molecule has 1 saturated heterocycles. The lowest BCUT2D eigenvalue weighted by molar-refractivity contribution is -0.148. The van der Waals surface area contributed by atoms with Crippen LogP contribution >= 0.6 is 0 Å². The van der Waals surface area contributed by atoms with E-state index in [2.05, 4.69) is 19.9 Å². The third-order valence-corrected chi connectivity index (χ3v) is 4.75. The predicted molar refractivity (Wildman–Crippen MR) is 88.8 cm³/mol. The summed E-state index contributed by atoms with van der Waals surface area (Å²) in [4.78, 5) is 27.1. The first kappa shape index (κ1) is 14.6. The fourth-order valence-electron chi connectivity index (χ4n) is 3.30. The normalized spacial score (nSPS) is 17.1. The summed E-state index contributed by atoms with van der Waals surface area (Å²) in [6.45, 7) is 1.22. The molecule has 3 heterocycles. The quantitative estimate of drug-likeness (QED) is 0.792. The van der Waals surface area contributed by atoms with E-state index in [1.807, 2.05) is 24.3 Å². The van der Waals surface area contributed by atoms with Crippen molar-refractivity contribution in [2.75, 3.05) is 18.0 Å². The van der Waals surface area contributed by atoms with Crippen LogP contribution in [0.2, 0.25) is 0 Å². The molecule has 0 aliphatic carbocycles. The fraction of sp³-hybridized carbons (Fsp3) is 0.294. The Labute approximate surface area is 138 Å². The molecule has 0 unspecified atom stereocenters. The molecule has 1 aliphatic heterocycles. The van der Waals surface area contributed by atoms with Crippen LogP contribution in [-0.2, 0) is 10.3 Å². The number of aliphatic carboxylic acids is 1. The number of imidazole rings is 1. The zero-order valence-electron chi connectivity index (χ0n) is 13.0. The smallest absolute Gasteiger partial charge is 0.330 e. The molecule has 122 valence electrons. The number of benzene rings is 1. The van der Waals surface area contributed by atoms with Crippen LogP contribution in [0, 0.1) is 0 Å². The van der Waals surface area contributed by atoms with Crippen LogP contribution in [0.4, 0.5) is 5.82 Å². The highest BCUT2D eigenvalue weighted by molar-refractivity contribution is 5.78. The van der Waals surface area contributed by atoms with E-state index >= 15 is 0 Å². The van der Waals surface area contributed by atoms with Crippen LogP contribution in [0.15, 0.2) is 49.2 Å². The van der Waals surface area contributed by atoms with Crippen molar-refractivity contribution in [3.05, 3.63) is 49.2 Å². The van der Waals surface area contributed by atoms with Gasteiger partial charge in [-0.15, -0.1) is 0 Å². The summed E-state index contributed by atoms with van der Waals surface area (Å²) in [5.74, 6) is -0.0249. The van der Waals surface area contributed by atoms with Crippen LogP contribution in [0.1, 0.15) is 12.8 Å². The van der Waals surface area contributed by atoms with Gasteiger partial charge in [0.25, 0.3) is 0 Å². The highest BCUT2D eigenvalue weighted by Gasteiger charge is 2.43. The molecule has 7 nitrogen and oxygen atoms in total. The molecule has 1 fully saturated rings. The van der Waals surface area contributed by atoms with Crippen molar-refractivity contribution in [3.8, 4) is 0 Å². The zero-order valence-corrected chi connectivity index (χ0v) is 13.0. The summed E-state index contributed by atoms with van der Waals surface area (Å²) in [6, 6.07) is 7.73. The van der Waals surface area contributed by atoms with E-state index in [0.29, 0.717) is 25.9 Å². The minimum absolute atomic E-state index is 0.493. The van der Waals surface area contributed by atoms with Crippen molar-refractivity contribution in [1.82, 2.24) is 19.5 Å². The Balaban J connectivity index is 1.59. The van der Waals surface area contributed by atoms with Gasteiger partial charge in [0.15, 0.2) is 0 Å². The fourth-order valence-corrected chi connectivity index (χ4v) is 3.30. The first-order valence-corrected chi connectivity index (χ1v) is 7.88. The van der Waals surface area contributed by atoms with Crippen molar-refractivity contribution in [1.29, 1.82) is 0 Å². The van der Waals surface area contributed by atoms with E-state index in [1.54, 1.807) is 29.5 Å². The Hall–Kier alpha value is -2.96. The number of para-hydroxylation sites is 2. The standard InChI is InChI=1S/C17H17N5O2/c23-16(24)17(22-10-7-18-12-22)5-8-21(9-6-17)15-11-19-13-3-1-2-4-14(13)20-15/h1-4,7,10-12H,5-6,8-9H2,(H,23,24). The predicted octanol–water partition coefficient (Wildman–Crippen LogP) is 1.91. The number of anilines is 1. The van der Waals surface area contributed by atoms with Gasteiger partial charge in [0.05, 0.1) is 23.6 Å². The van der Waals surface area contributed by atoms with Gasteiger partial charge in [0.1, 0.15) is 11.4 Å². The molecule has 0 amide bonds. The molecule has 2 aromatic heterocycles. The molecule has 0 saturated carbocycles. The van der Waals surface area contributed by atoms with Gasteiger partial charge in [0, 0.05) is 25.5 Å². The molecule has 1 aliphatic rings. The Bertz CT molecular complexity index is 870. The number of hydrogen-bond acceptors (Lipinski definition) is 5. The summed E-state index contributed by atoms with van der Waals surface area (Å²) in [7, 11) is 0. The molecule has 7 heteroatoms. The summed E-state index contributed by atoms with van der Waals surface area (Å²) in [6.07, 6.45) is 7.67. The highest BCUT2D eigenvalue weighted by atomic mass is 16.4. The molecule has 0 spiro atoms. The third-order valence-electron chi connectivity index (χ3n) is 4.75. The largest absolute Gasteiger partial charge is 0.479 e. The second kappa shape index (κ2) is 5.59. The lowest BCUT2D eigenvalue weighted by Gasteiger charge is -2.40. The van der Waals surface area contributed by atoms with Gasteiger partial charge in [-0.2, -0.15) is 0 Å². The average molecular weight is 323 g/mol. The topological polar surface area (TPSA) is 84.1 Å². The molecular weight excluding hydrogens is 306 g/mol. The Morgan fingerprint density at radius 1 is 1.17 bits per heavy atom. The maximum Gasteiger partial charge on any atom is 0.330 e. The highest BCUT2D eigenvalue weighted by Crippen LogP contribution is 2.32. The van der Waals surface area contributed by atoms with Gasteiger partial charge in [-0.25, -0.2) is 14.8 Å². The third kappa shape index (κ3) is 2.29. The lowest BCUT2D eigenvalue weighted by atomic mass is 9.87. The number of nitrogens with zero attached hydrogens (tertiary/aromatic N) is 5. The van der Waals surface area contributed by atoms with Gasteiger partial charge in [0.2, 0.25) is 0 Å². The van der Waals surface area contributed by atoms with Crippen LogP contribution in [0.3, 0.4) is 0 Å². The number of carboxylic acid groups (broad SMARTS) is 1. The van der Waals surface area contributed by atoms with Crippen LogP contribution in [-0.4, -0.2) is 43.7 Å². The Kier molecular flexibility index (Phi) is 3.41. The Morgan fingerprint density at radius 3 is 2.58 bits per heavy atom. The SMILES string of the molecule is O=C(O)C1(n2ccnc2)CCN(c2cnc3ccccc3n2)CC1. The number of carboxylic acids is 1. The molecule has 1 aromatic carbocycles. The molecule has 0 radical (unpaired) electrons. The molecular formula is C17H17N5O2. The summed E-state index contributed by atoms with van der Waals surface area (Å²) in [5.41, 5.74) is 0.772. The van der Waals surface area contributed by atoms with E-state index < -0.39 is 11.5 Å². The summed E-state index contributed by atoms with van der Waals surface area (Å²) < 4.78 is 1.71. The number of hydrogen-bond donors (Lipinski definition) is 1. The maximum absolute atomic E-state index is 11.9. The van der Waals surface area contributed by atoms with E-state index in [0.717, 1.165) is 16.9 Å². The number of carbonyl (C=O) groups is 1. The first-order chi connectivity index (χ1) is 11.7. The molecule has 3 aromatic rings. The summed E-state index contributed by atoms with van der Waals surface area (Å²) >= 11 is 0. The first-order valence-electron chi connectivity index (χ1n) is 7.88. The average Bonchev–Trinajstić information content (AvgIpc) is 3.16. The van der Waals surface area contributed by atoms with Crippen molar-refractivity contribution < 1.29 is 9.90 Å². The monoisotopic (exact) mass is 323 g/mol. The van der Waals surface area contributed by atoms with Crippen LogP contribution in [0.5, 0.6) is 0 Å². The minimum Gasteiger partial charge on any atom is -0.479 e. The second-order valence-electron chi connectivity index (χ2n) is 6.01. The molecule has 4 rings (SSSR count). The molecule has 0 bridgehead atoms. The number of aromatic nitrogens is 4. The van der Waals surface area contributed by atoms with E-state index in [-0.39, 0.29) is 0 Å². The molecule has 1 N–H and O–H groups in total. The van der Waals surface area contributed by atoms with Gasteiger partial charge in [-0.3, -0.25) is 4.98 Å². The van der Waals surface area contributed by atoms with E-state index in [9.17, 15) is 9.90 Å². The van der Waals surface area contributed by atoms with Gasteiger partial charge in [-0.1, -0.05) is 12.1 Å². The molecule has 0 atom stereocenters. The van der Waals surface area contributed by atoms with Crippen molar-refractivity contribution in [3.63, 3.8) is 0 Å². The maximum atomic E-state index is 11.9. The van der Waals surface area contributed by atoms with Crippen molar-refractivity contribution >= 4 is 22.8 Å².